The Morgan fingerprint density at radius 3 is 1.71 bits per heavy atom. The van der Waals surface area contributed by atoms with Crippen molar-refractivity contribution in [3.8, 4) is 0 Å². The Labute approximate surface area is 58.7 Å². The average molecular weight is 159 g/mol. The molecule has 42 valence electrons. The fraction of sp³-hybridized carbons (Fsp3) is 0.750. The molecule has 0 heterocycles. The van der Waals surface area contributed by atoms with E-state index in [9.17, 15) is 0 Å². The normalized spacial score (nSPS) is 12.0. The second-order valence-corrected chi connectivity index (χ2v) is 3.67. The first kappa shape index (κ1) is 7.87. The van der Waals surface area contributed by atoms with E-state index in [0.29, 0.717) is 12.8 Å². The number of alkyl halides is 3. The van der Waals surface area contributed by atoms with Gasteiger partial charge in [0.1, 0.15) is 0 Å². The van der Waals surface area contributed by atoms with Gasteiger partial charge in [-0.25, -0.2) is 0 Å². The fourth-order valence-corrected chi connectivity index (χ4v) is 0.491. The fourth-order valence-electron chi connectivity index (χ4n) is 0.164. The minimum Gasteiger partial charge on any atom is -0.0837 e. The van der Waals surface area contributed by atoms with Crippen molar-refractivity contribution in [3.63, 3.8) is 0 Å². The molecule has 0 aliphatic rings. The van der Waals surface area contributed by atoms with Crippen molar-refractivity contribution in [2.45, 2.75) is 16.6 Å². The maximum absolute atomic E-state index is 5.28. The molecule has 7 heavy (non-hydrogen) atoms. The van der Waals surface area contributed by atoms with Crippen LogP contribution in [0.15, 0.2) is 0 Å². The largest absolute Gasteiger partial charge is 0.190 e. The first-order chi connectivity index (χ1) is 3.06. The second kappa shape index (κ2) is 3.01. The van der Waals surface area contributed by atoms with Crippen molar-refractivity contribution in [1.29, 1.82) is 0 Å². The SMILES string of the molecule is [CH]CCC(Cl)(Cl)Cl. The predicted octanol–water partition coefficient (Wildman–Crippen LogP) is 2.85. The molecule has 0 N–H and O–H groups in total. The van der Waals surface area contributed by atoms with E-state index in [2.05, 4.69) is 0 Å². The van der Waals surface area contributed by atoms with E-state index in [1.165, 1.54) is 0 Å². The van der Waals surface area contributed by atoms with E-state index in [1.807, 2.05) is 0 Å². The molecule has 0 aliphatic carbocycles. The summed E-state index contributed by atoms with van der Waals surface area (Å²) in [6.45, 7) is 5.06. The Kier molecular flexibility index (Phi) is 3.38. The molecule has 0 aromatic heterocycles. The van der Waals surface area contributed by atoms with Crippen LogP contribution in [0.3, 0.4) is 0 Å². The van der Waals surface area contributed by atoms with Crippen LogP contribution in [0, 0.1) is 6.92 Å². The summed E-state index contributed by atoms with van der Waals surface area (Å²) < 4.78 is -1.16. The van der Waals surface area contributed by atoms with Crippen molar-refractivity contribution in [2.24, 2.45) is 0 Å². The van der Waals surface area contributed by atoms with Gasteiger partial charge in [0.2, 0.25) is 0 Å². The Morgan fingerprint density at radius 2 is 1.71 bits per heavy atom. The molecular formula is C4H5Cl3. The monoisotopic (exact) mass is 158 g/mol. The zero-order chi connectivity index (χ0) is 5.91. The van der Waals surface area contributed by atoms with Gasteiger partial charge in [-0.15, -0.1) is 0 Å². The third-order valence-corrected chi connectivity index (χ3v) is 0.995. The third kappa shape index (κ3) is 6.87. The van der Waals surface area contributed by atoms with Gasteiger partial charge in [-0.3, -0.25) is 0 Å². The van der Waals surface area contributed by atoms with Crippen LogP contribution in [-0.2, 0) is 0 Å². The molecule has 0 spiro atoms. The maximum atomic E-state index is 5.28. The van der Waals surface area contributed by atoms with Gasteiger partial charge in [0, 0.05) is 0 Å². The van der Waals surface area contributed by atoms with Gasteiger partial charge in [0.15, 0.2) is 3.79 Å². The first-order valence-electron chi connectivity index (χ1n) is 1.83. The van der Waals surface area contributed by atoms with Crippen molar-refractivity contribution in [1.82, 2.24) is 0 Å². The third-order valence-electron chi connectivity index (χ3n) is 0.428. The van der Waals surface area contributed by atoms with E-state index in [1.54, 1.807) is 0 Å². The smallest absolute Gasteiger partial charge is 0.0837 e. The zero-order valence-electron chi connectivity index (χ0n) is 3.63. The maximum Gasteiger partial charge on any atom is 0.190 e. The lowest BCUT2D eigenvalue weighted by atomic mass is 10.4. The summed E-state index contributed by atoms with van der Waals surface area (Å²) in [6, 6.07) is 0. The zero-order valence-corrected chi connectivity index (χ0v) is 5.89. The van der Waals surface area contributed by atoms with Crippen LogP contribution >= 0.6 is 34.8 Å². The number of hydrogen-bond acceptors (Lipinski definition) is 0. The lowest BCUT2D eigenvalue weighted by Crippen LogP contribution is -1.98. The Hall–Kier alpha value is 0.870. The molecule has 0 amide bonds. The van der Waals surface area contributed by atoms with Crippen LogP contribution in [0.4, 0.5) is 0 Å². The molecule has 0 saturated heterocycles. The van der Waals surface area contributed by atoms with Crippen LogP contribution < -0.4 is 0 Å². The minimum atomic E-state index is -1.16. The lowest BCUT2D eigenvalue weighted by molar-refractivity contribution is 0.876. The summed E-state index contributed by atoms with van der Waals surface area (Å²) in [5.41, 5.74) is 0. The molecule has 0 nitrogen and oxygen atoms in total. The highest BCUT2D eigenvalue weighted by molar-refractivity contribution is 6.67. The molecule has 0 saturated carbocycles. The number of rotatable bonds is 1. The molecule has 3 heteroatoms. The van der Waals surface area contributed by atoms with Crippen LogP contribution in [-0.4, -0.2) is 3.79 Å². The van der Waals surface area contributed by atoms with Gasteiger partial charge in [-0.2, -0.15) is 0 Å². The molecule has 0 unspecified atom stereocenters. The van der Waals surface area contributed by atoms with Gasteiger partial charge >= 0.3 is 0 Å². The quantitative estimate of drug-likeness (QED) is 0.516. The average Bonchev–Trinajstić information content (AvgIpc) is 1.30. The number of halogens is 3. The van der Waals surface area contributed by atoms with Crippen LogP contribution in [0.1, 0.15) is 12.8 Å². The summed E-state index contributed by atoms with van der Waals surface area (Å²) in [5, 5.41) is 0. The van der Waals surface area contributed by atoms with Crippen LogP contribution in [0.5, 0.6) is 0 Å². The van der Waals surface area contributed by atoms with Crippen molar-refractivity contribution < 1.29 is 0 Å². The summed E-state index contributed by atoms with van der Waals surface area (Å²) in [7, 11) is 0. The first-order valence-corrected chi connectivity index (χ1v) is 2.96. The van der Waals surface area contributed by atoms with Crippen LogP contribution in [0.2, 0.25) is 0 Å². The molecule has 0 aromatic carbocycles. The van der Waals surface area contributed by atoms with Gasteiger partial charge in [-0.1, -0.05) is 34.8 Å². The van der Waals surface area contributed by atoms with Crippen molar-refractivity contribution >= 4 is 34.8 Å². The summed E-state index contributed by atoms with van der Waals surface area (Å²) in [6.07, 6.45) is 0.828. The van der Waals surface area contributed by atoms with E-state index in [-0.39, 0.29) is 0 Å². The standard InChI is InChI=1S/C4H5Cl3/c1-2-3-4(5,6)7/h1H,2-3H2. The lowest BCUT2D eigenvalue weighted by Gasteiger charge is -2.05. The van der Waals surface area contributed by atoms with E-state index >= 15 is 0 Å². The molecule has 0 fully saturated rings. The Bertz CT molecular complexity index is 45.4. The molecule has 0 rings (SSSR count). The van der Waals surface area contributed by atoms with E-state index in [4.69, 9.17) is 41.7 Å². The minimum absolute atomic E-state index is 0.413. The summed E-state index contributed by atoms with van der Waals surface area (Å²) in [4.78, 5) is 0. The molecule has 0 atom stereocenters. The molecule has 0 bridgehead atoms. The van der Waals surface area contributed by atoms with Crippen molar-refractivity contribution in [3.05, 3.63) is 6.92 Å². The van der Waals surface area contributed by atoms with Crippen LogP contribution in [0.25, 0.3) is 0 Å². The highest BCUT2D eigenvalue weighted by atomic mass is 35.6. The van der Waals surface area contributed by atoms with Gasteiger partial charge < -0.3 is 0 Å². The Balaban J connectivity index is 3.15. The van der Waals surface area contributed by atoms with Gasteiger partial charge in [-0.05, 0) is 19.8 Å². The van der Waals surface area contributed by atoms with E-state index in [0.717, 1.165) is 0 Å². The predicted molar refractivity (Wildman–Crippen MR) is 33.8 cm³/mol. The van der Waals surface area contributed by atoms with Crippen molar-refractivity contribution in [2.75, 3.05) is 0 Å². The molecule has 0 aromatic rings. The second-order valence-electron chi connectivity index (χ2n) is 1.15. The molecular weight excluding hydrogens is 154 g/mol. The molecule has 0 aliphatic heterocycles. The van der Waals surface area contributed by atoms with Gasteiger partial charge in [0.25, 0.3) is 0 Å². The Morgan fingerprint density at radius 1 is 1.29 bits per heavy atom. The number of hydrogen-bond donors (Lipinski definition) is 0. The summed E-state index contributed by atoms with van der Waals surface area (Å²) >= 11 is 15.9. The summed E-state index contributed by atoms with van der Waals surface area (Å²) in [5.74, 6) is 0. The highest BCUT2D eigenvalue weighted by Gasteiger charge is 2.16. The molecule has 2 radical (unpaired) electrons. The highest BCUT2D eigenvalue weighted by Crippen LogP contribution is 2.30. The topological polar surface area (TPSA) is 0 Å². The van der Waals surface area contributed by atoms with Gasteiger partial charge in [0.05, 0.1) is 0 Å². The van der Waals surface area contributed by atoms with E-state index < -0.39 is 3.79 Å².